The Kier molecular flexibility index (Phi) is 3.06. The molecule has 0 aliphatic heterocycles. The number of hydrogen-bond acceptors (Lipinski definition) is 3. The maximum atomic E-state index is 8.79. The van der Waals surface area contributed by atoms with Gasteiger partial charge < -0.3 is 4.42 Å². The van der Waals surface area contributed by atoms with Crippen molar-refractivity contribution in [2.24, 2.45) is 0 Å². The van der Waals surface area contributed by atoms with E-state index >= 15 is 0 Å². The fourth-order valence-electron chi connectivity index (χ4n) is 1.95. The van der Waals surface area contributed by atoms with Crippen LogP contribution >= 0.6 is 0 Å². The van der Waals surface area contributed by atoms with Gasteiger partial charge in [-0.15, -0.1) is 0 Å². The predicted molar refractivity (Wildman–Crippen MR) is 76.8 cm³/mol. The number of nitriles is 1. The summed E-state index contributed by atoms with van der Waals surface area (Å²) < 4.78 is 5.78. The standard InChI is InChI=1S/C17H12N2O/c1-12-2-6-14(7-3-12)16-11-19-17(20-16)15-8-4-13(10-18)5-9-15/h2-9,11H,1H3. The van der Waals surface area contributed by atoms with Gasteiger partial charge in [0, 0.05) is 11.1 Å². The van der Waals surface area contributed by atoms with Crippen LogP contribution in [0.3, 0.4) is 0 Å². The van der Waals surface area contributed by atoms with Crippen LogP contribution in [0.5, 0.6) is 0 Å². The van der Waals surface area contributed by atoms with Crippen LogP contribution in [-0.4, -0.2) is 4.98 Å². The summed E-state index contributed by atoms with van der Waals surface area (Å²) in [5.41, 5.74) is 3.70. The lowest BCUT2D eigenvalue weighted by Crippen LogP contribution is -1.78. The van der Waals surface area contributed by atoms with E-state index in [4.69, 9.17) is 9.68 Å². The van der Waals surface area contributed by atoms with Crippen molar-refractivity contribution in [1.82, 2.24) is 4.98 Å². The quantitative estimate of drug-likeness (QED) is 0.694. The van der Waals surface area contributed by atoms with Crippen molar-refractivity contribution in [2.45, 2.75) is 6.92 Å². The van der Waals surface area contributed by atoms with Crippen LogP contribution in [0.15, 0.2) is 59.1 Å². The Morgan fingerprint density at radius 3 is 2.25 bits per heavy atom. The normalized spacial score (nSPS) is 10.2. The third-order valence-corrected chi connectivity index (χ3v) is 3.10. The lowest BCUT2D eigenvalue weighted by molar-refractivity contribution is 0.589. The molecule has 0 amide bonds. The van der Waals surface area contributed by atoms with Crippen molar-refractivity contribution in [3.05, 3.63) is 65.9 Å². The lowest BCUT2D eigenvalue weighted by atomic mass is 10.1. The van der Waals surface area contributed by atoms with Crippen molar-refractivity contribution < 1.29 is 4.42 Å². The molecular formula is C17H12N2O. The molecule has 3 aromatic rings. The van der Waals surface area contributed by atoms with E-state index in [1.165, 1.54) is 5.56 Å². The van der Waals surface area contributed by atoms with Crippen molar-refractivity contribution in [2.75, 3.05) is 0 Å². The first-order chi connectivity index (χ1) is 9.76. The Balaban J connectivity index is 1.93. The first-order valence-electron chi connectivity index (χ1n) is 6.30. The Labute approximate surface area is 117 Å². The summed E-state index contributed by atoms with van der Waals surface area (Å²) in [7, 11) is 0. The second kappa shape index (κ2) is 5.02. The number of rotatable bonds is 2. The Morgan fingerprint density at radius 1 is 0.950 bits per heavy atom. The fraction of sp³-hybridized carbons (Fsp3) is 0.0588. The predicted octanol–water partition coefficient (Wildman–Crippen LogP) is 4.19. The molecule has 3 rings (SSSR count). The highest BCUT2D eigenvalue weighted by atomic mass is 16.4. The Bertz CT molecular complexity index is 762. The largest absolute Gasteiger partial charge is 0.436 e. The molecular weight excluding hydrogens is 248 g/mol. The van der Waals surface area contributed by atoms with E-state index in [1.54, 1.807) is 18.3 Å². The van der Waals surface area contributed by atoms with Gasteiger partial charge in [0.2, 0.25) is 5.89 Å². The molecule has 0 aliphatic carbocycles. The van der Waals surface area contributed by atoms with Gasteiger partial charge in [-0.05, 0) is 31.2 Å². The molecule has 0 atom stereocenters. The number of benzene rings is 2. The van der Waals surface area contributed by atoms with Crippen molar-refractivity contribution in [3.8, 4) is 28.8 Å². The summed E-state index contributed by atoms with van der Waals surface area (Å²) in [4.78, 5) is 4.29. The second-order valence-corrected chi connectivity index (χ2v) is 4.58. The summed E-state index contributed by atoms with van der Waals surface area (Å²) >= 11 is 0. The van der Waals surface area contributed by atoms with E-state index in [9.17, 15) is 0 Å². The summed E-state index contributed by atoms with van der Waals surface area (Å²) in [5.74, 6) is 1.30. The third-order valence-electron chi connectivity index (χ3n) is 3.10. The van der Waals surface area contributed by atoms with E-state index < -0.39 is 0 Å². The maximum absolute atomic E-state index is 8.79. The van der Waals surface area contributed by atoms with Gasteiger partial charge in [0.25, 0.3) is 0 Å². The molecule has 0 aliphatic rings. The van der Waals surface area contributed by atoms with E-state index in [2.05, 4.69) is 11.1 Å². The average molecular weight is 260 g/mol. The molecule has 96 valence electrons. The fourth-order valence-corrected chi connectivity index (χ4v) is 1.95. The number of oxazole rings is 1. The molecule has 0 N–H and O–H groups in total. The molecule has 0 spiro atoms. The van der Waals surface area contributed by atoms with Gasteiger partial charge in [-0.25, -0.2) is 4.98 Å². The molecule has 1 heterocycles. The number of aromatic nitrogens is 1. The molecule has 0 bridgehead atoms. The molecule has 0 radical (unpaired) electrons. The minimum absolute atomic E-state index is 0.560. The molecule has 0 fully saturated rings. The topological polar surface area (TPSA) is 49.8 Å². The minimum Gasteiger partial charge on any atom is -0.436 e. The number of hydrogen-bond donors (Lipinski definition) is 0. The maximum Gasteiger partial charge on any atom is 0.226 e. The van der Waals surface area contributed by atoms with Gasteiger partial charge >= 0.3 is 0 Å². The minimum atomic E-state index is 0.560. The average Bonchev–Trinajstić information content (AvgIpc) is 2.98. The zero-order valence-corrected chi connectivity index (χ0v) is 11.0. The summed E-state index contributed by atoms with van der Waals surface area (Å²) in [5, 5.41) is 8.79. The molecule has 20 heavy (non-hydrogen) atoms. The molecule has 2 aromatic carbocycles. The van der Waals surface area contributed by atoms with Crippen LogP contribution in [0.2, 0.25) is 0 Å². The number of aryl methyl sites for hydroxylation is 1. The summed E-state index contributed by atoms with van der Waals surface area (Å²) in [6.07, 6.45) is 1.72. The van der Waals surface area contributed by atoms with Crippen molar-refractivity contribution in [3.63, 3.8) is 0 Å². The van der Waals surface area contributed by atoms with E-state index in [0.717, 1.165) is 16.9 Å². The van der Waals surface area contributed by atoms with E-state index in [-0.39, 0.29) is 0 Å². The van der Waals surface area contributed by atoms with E-state index in [1.807, 2.05) is 43.3 Å². The Morgan fingerprint density at radius 2 is 1.60 bits per heavy atom. The SMILES string of the molecule is Cc1ccc(-c2cnc(-c3ccc(C#N)cc3)o2)cc1. The molecule has 1 aromatic heterocycles. The third kappa shape index (κ3) is 2.32. The Hall–Kier alpha value is -2.86. The van der Waals surface area contributed by atoms with Crippen LogP contribution in [0.1, 0.15) is 11.1 Å². The molecule has 0 saturated carbocycles. The van der Waals surface area contributed by atoms with E-state index in [0.29, 0.717) is 11.5 Å². The molecule has 0 saturated heterocycles. The van der Waals surface area contributed by atoms with Gasteiger partial charge in [0.1, 0.15) is 0 Å². The van der Waals surface area contributed by atoms with Crippen molar-refractivity contribution >= 4 is 0 Å². The molecule has 3 heteroatoms. The highest BCUT2D eigenvalue weighted by molar-refractivity contribution is 5.61. The second-order valence-electron chi connectivity index (χ2n) is 4.58. The summed E-state index contributed by atoms with van der Waals surface area (Å²) in [6, 6.07) is 17.4. The van der Waals surface area contributed by atoms with Gasteiger partial charge in [-0.2, -0.15) is 5.26 Å². The first-order valence-corrected chi connectivity index (χ1v) is 6.30. The zero-order valence-electron chi connectivity index (χ0n) is 11.0. The van der Waals surface area contributed by atoms with Gasteiger partial charge in [-0.3, -0.25) is 0 Å². The molecule has 3 nitrogen and oxygen atoms in total. The van der Waals surface area contributed by atoms with Crippen LogP contribution in [0, 0.1) is 18.3 Å². The lowest BCUT2D eigenvalue weighted by Gasteiger charge is -1.98. The zero-order chi connectivity index (χ0) is 13.9. The summed E-state index contributed by atoms with van der Waals surface area (Å²) in [6.45, 7) is 2.05. The van der Waals surface area contributed by atoms with Crippen LogP contribution in [0.25, 0.3) is 22.8 Å². The smallest absolute Gasteiger partial charge is 0.226 e. The van der Waals surface area contributed by atoms with Gasteiger partial charge in [-0.1, -0.05) is 29.8 Å². The molecule has 0 unspecified atom stereocenters. The highest BCUT2D eigenvalue weighted by Gasteiger charge is 2.08. The van der Waals surface area contributed by atoms with Crippen LogP contribution < -0.4 is 0 Å². The van der Waals surface area contributed by atoms with Gasteiger partial charge in [0.15, 0.2) is 5.76 Å². The highest BCUT2D eigenvalue weighted by Crippen LogP contribution is 2.26. The first kappa shape index (κ1) is 12.2. The van der Waals surface area contributed by atoms with Gasteiger partial charge in [0.05, 0.1) is 17.8 Å². The van der Waals surface area contributed by atoms with Crippen LogP contribution in [-0.2, 0) is 0 Å². The number of nitrogens with zero attached hydrogens (tertiary/aromatic N) is 2. The van der Waals surface area contributed by atoms with Crippen molar-refractivity contribution in [1.29, 1.82) is 5.26 Å². The van der Waals surface area contributed by atoms with Crippen LogP contribution in [0.4, 0.5) is 0 Å². The monoisotopic (exact) mass is 260 g/mol.